The topological polar surface area (TPSA) is 69.7 Å². The third kappa shape index (κ3) is 5.66. The van der Waals surface area contributed by atoms with Crippen LogP contribution in [0.25, 0.3) is 0 Å². The van der Waals surface area contributed by atoms with E-state index >= 15 is 0 Å². The van der Waals surface area contributed by atoms with Gasteiger partial charge in [0.15, 0.2) is 0 Å². The minimum absolute atomic E-state index is 0.0946. The highest BCUT2D eigenvalue weighted by Gasteiger charge is 2.24. The van der Waals surface area contributed by atoms with E-state index in [4.69, 9.17) is 0 Å². The van der Waals surface area contributed by atoms with Crippen molar-refractivity contribution in [3.63, 3.8) is 0 Å². The Bertz CT molecular complexity index is 1210. The van der Waals surface area contributed by atoms with Gasteiger partial charge >= 0.3 is 0 Å². The largest absolute Gasteiger partial charge is 0.348 e. The van der Waals surface area contributed by atoms with E-state index < -0.39 is 10.0 Å². The first-order chi connectivity index (χ1) is 16.5. The molecule has 0 atom stereocenters. The number of likely N-dealkylation sites (tertiary alicyclic amines) is 1. The van der Waals surface area contributed by atoms with E-state index in [1.165, 1.54) is 34.8 Å². The van der Waals surface area contributed by atoms with Crippen LogP contribution in [0, 0.1) is 0 Å². The molecule has 1 N–H and O–H groups in total. The molecule has 3 aromatic carbocycles. The second-order valence-corrected chi connectivity index (χ2v) is 10.4. The highest BCUT2D eigenvalue weighted by molar-refractivity contribution is 7.92. The molecule has 6 nitrogen and oxygen atoms in total. The van der Waals surface area contributed by atoms with E-state index in [2.05, 4.69) is 22.3 Å². The van der Waals surface area contributed by atoms with Crippen molar-refractivity contribution >= 4 is 21.6 Å². The molecular weight excluding hydrogens is 446 g/mol. The fourth-order valence-electron chi connectivity index (χ4n) is 4.26. The molecule has 3 aromatic rings. The molecule has 1 saturated heterocycles. The summed E-state index contributed by atoms with van der Waals surface area (Å²) in [6.45, 7) is 5.74. The quantitative estimate of drug-likeness (QED) is 0.495. The molecule has 1 aliphatic rings. The normalized spacial score (nSPS) is 14.1. The van der Waals surface area contributed by atoms with Gasteiger partial charge in [-0.25, -0.2) is 8.42 Å². The second-order valence-electron chi connectivity index (χ2n) is 8.52. The number of rotatable bonds is 9. The number of para-hydroxylation sites is 1. The van der Waals surface area contributed by atoms with E-state index in [0.29, 0.717) is 17.8 Å². The van der Waals surface area contributed by atoms with E-state index in [9.17, 15) is 13.2 Å². The van der Waals surface area contributed by atoms with Gasteiger partial charge in [0.1, 0.15) is 0 Å². The lowest BCUT2D eigenvalue weighted by molar-refractivity contribution is 0.0950. The lowest BCUT2D eigenvalue weighted by Crippen LogP contribution is -2.31. The summed E-state index contributed by atoms with van der Waals surface area (Å²) in [4.78, 5) is 15.3. The number of carbonyl (C=O) groups excluding carboxylic acids is 1. The molecule has 1 fully saturated rings. The van der Waals surface area contributed by atoms with Crippen LogP contribution in [0.4, 0.5) is 5.69 Å². The second kappa shape index (κ2) is 10.8. The molecule has 178 valence electrons. The molecule has 0 aliphatic carbocycles. The highest BCUT2D eigenvalue weighted by Crippen LogP contribution is 2.24. The van der Waals surface area contributed by atoms with Gasteiger partial charge in [-0.15, -0.1) is 0 Å². The van der Waals surface area contributed by atoms with Crippen LogP contribution >= 0.6 is 0 Å². The Balaban J connectivity index is 1.41. The standard InChI is InChI=1S/C27H31N3O3S/c1-2-30(25-10-4-3-5-11-25)34(32,33)26-12-8-9-24(19-26)27(31)28-20-22-13-15-23(16-14-22)21-29-17-6-7-18-29/h3-5,8-16,19H,2,6-7,17-18,20-21H2,1H3,(H,28,31). The molecular formula is C27H31N3O3S. The number of hydrogen-bond acceptors (Lipinski definition) is 4. The van der Waals surface area contributed by atoms with Gasteiger partial charge in [-0.2, -0.15) is 0 Å². The first kappa shape index (κ1) is 24.0. The summed E-state index contributed by atoms with van der Waals surface area (Å²) in [5.41, 5.74) is 3.18. The van der Waals surface area contributed by atoms with E-state index in [1.807, 2.05) is 18.2 Å². The number of nitrogens with zero attached hydrogens (tertiary/aromatic N) is 2. The van der Waals surface area contributed by atoms with Gasteiger partial charge in [0, 0.05) is 25.2 Å². The molecule has 34 heavy (non-hydrogen) atoms. The van der Waals surface area contributed by atoms with Gasteiger partial charge in [-0.05, 0) is 74.3 Å². The molecule has 0 radical (unpaired) electrons. The SMILES string of the molecule is CCN(c1ccccc1)S(=O)(=O)c1cccc(C(=O)NCc2ccc(CN3CCCC3)cc2)c1. The summed E-state index contributed by atoms with van der Waals surface area (Å²) in [5, 5.41) is 2.90. The summed E-state index contributed by atoms with van der Waals surface area (Å²) in [6.07, 6.45) is 2.55. The van der Waals surface area contributed by atoms with Crippen LogP contribution in [-0.4, -0.2) is 38.9 Å². The molecule has 1 aliphatic heterocycles. The molecule has 0 bridgehead atoms. The molecule has 4 rings (SSSR count). The van der Waals surface area contributed by atoms with Gasteiger partial charge in [0.2, 0.25) is 0 Å². The first-order valence-electron chi connectivity index (χ1n) is 11.7. The van der Waals surface area contributed by atoms with Gasteiger partial charge in [-0.3, -0.25) is 14.0 Å². The molecule has 0 aromatic heterocycles. The Morgan fingerprint density at radius 3 is 2.26 bits per heavy atom. The summed E-state index contributed by atoms with van der Waals surface area (Å²) < 4.78 is 27.9. The maximum atomic E-state index is 13.3. The van der Waals surface area contributed by atoms with Crippen LogP contribution in [0.15, 0.2) is 83.8 Å². The Labute approximate surface area is 202 Å². The first-order valence-corrected chi connectivity index (χ1v) is 13.2. The fourth-order valence-corrected chi connectivity index (χ4v) is 5.78. The minimum atomic E-state index is -3.79. The average Bonchev–Trinajstić information content (AvgIpc) is 3.37. The minimum Gasteiger partial charge on any atom is -0.348 e. The zero-order valence-corrected chi connectivity index (χ0v) is 20.3. The van der Waals surface area contributed by atoms with Crippen molar-refractivity contribution in [1.29, 1.82) is 0 Å². The number of nitrogens with one attached hydrogen (secondary N) is 1. The molecule has 0 unspecified atom stereocenters. The van der Waals surface area contributed by atoms with Crippen molar-refractivity contribution in [2.75, 3.05) is 23.9 Å². The van der Waals surface area contributed by atoms with Crippen LogP contribution in [0.2, 0.25) is 0 Å². The predicted octanol–water partition coefficient (Wildman–Crippen LogP) is 4.43. The third-order valence-electron chi connectivity index (χ3n) is 6.10. The van der Waals surface area contributed by atoms with Crippen LogP contribution in [-0.2, 0) is 23.1 Å². The van der Waals surface area contributed by atoms with Gasteiger partial charge < -0.3 is 5.32 Å². The number of hydrogen-bond donors (Lipinski definition) is 1. The lowest BCUT2D eigenvalue weighted by atomic mass is 10.1. The fraction of sp³-hybridized carbons (Fsp3) is 0.296. The Kier molecular flexibility index (Phi) is 7.65. The van der Waals surface area contributed by atoms with Crippen molar-refractivity contribution in [3.05, 3.63) is 95.6 Å². The Morgan fingerprint density at radius 1 is 0.912 bits per heavy atom. The van der Waals surface area contributed by atoms with Crippen molar-refractivity contribution in [2.24, 2.45) is 0 Å². The van der Waals surface area contributed by atoms with Gasteiger partial charge in [-0.1, -0.05) is 48.5 Å². The molecule has 0 spiro atoms. The Morgan fingerprint density at radius 2 is 1.59 bits per heavy atom. The summed E-state index contributed by atoms with van der Waals surface area (Å²) in [7, 11) is -3.79. The highest BCUT2D eigenvalue weighted by atomic mass is 32.2. The van der Waals surface area contributed by atoms with Gasteiger partial charge in [0.25, 0.3) is 15.9 Å². The average molecular weight is 478 g/mol. The monoisotopic (exact) mass is 477 g/mol. The number of benzene rings is 3. The smallest absolute Gasteiger partial charge is 0.264 e. The number of amides is 1. The predicted molar refractivity (Wildman–Crippen MR) is 135 cm³/mol. The molecule has 0 saturated carbocycles. The van der Waals surface area contributed by atoms with Crippen LogP contribution in [0.3, 0.4) is 0 Å². The maximum Gasteiger partial charge on any atom is 0.264 e. The number of sulfonamides is 1. The Hall–Kier alpha value is -3.16. The van der Waals surface area contributed by atoms with Crippen LogP contribution in [0.1, 0.15) is 41.3 Å². The van der Waals surface area contributed by atoms with E-state index in [-0.39, 0.29) is 17.3 Å². The van der Waals surface area contributed by atoms with E-state index in [1.54, 1.807) is 43.3 Å². The lowest BCUT2D eigenvalue weighted by Gasteiger charge is -2.23. The zero-order chi connectivity index (χ0) is 24.0. The third-order valence-corrected chi connectivity index (χ3v) is 8.00. The van der Waals surface area contributed by atoms with Crippen molar-refractivity contribution in [3.8, 4) is 0 Å². The summed E-state index contributed by atoms with van der Waals surface area (Å²) in [6, 6.07) is 23.4. The summed E-state index contributed by atoms with van der Waals surface area (Å²) in [5.74, 6) is -0.305. The molecule has 1 amide bonds. The van der Waals surface area contributed by atoms with Crippen LogP contribution in [0.5, 0.6) is 0 Å². The van der Waals surface area contributed by atoms with Crippen LogP contribution < -0.4 is 9.62 Å². The van der Waals surface area contributed by atoms with E-state index in [0.717, 1.165) is 25.2 Å². The van der Waals surface area contributed by atoms with Crippen molar-refractivity contribution in [2.45, 2.75) is 37.8 Å². The number of anilines is 1. The molecule has 1 heterocycles. The van der Waals surface area contributed by atoms with Gasteiger partial charge in [0.05, 0.1) is 10.6 Å². The number of carbonyl (C=O) groups is 1. The van der Waals surface area contributed by atoms with Crippen molar-refractivity contribution in [1.82, 2.24) is 10.2 Å². The maximum absolute atomic E-state index is 13.3. The summed E-state index contributed by atoms with van der Waals surface area (Å²) >= 11 is 0. The zero-order valence-electron chi connectivity index (χ0n) is 19.5. The molecule has 7 heteroatoms. The van der Waals surface area contributed by atoms with Crippen molar-refractivity contribution < 1.29 is 13.2 Å².